The highest BCUT2D eigenvalue weighted by Gasteiger charge is 2.31. The molecule has 2 rings (SSSR count). The maximum absolute atomic E-state index is 13.9. The van der Waals surface area contributed by atoms with E-state index in [-0.39, 0.29) is 17.5 Å². The Bertz CT molecular complexity index is 642. The van der Waals surface area contributed by atoms with Gasteiger partial charge in [0.05, 0.1) is 5.02 Å². The van der Waals surface area contributed by atoms with Gasteiger partial charge in [0, 0.05) is 12.1 Å². The zero-order valence-corrected chi connectivity index (χ0v) is 15.5. The van der Waals surface area contributed by atoms with Crippen LogP contribution in [0, 0.1) is 11.7 Å². The van der Waals surface area contributed by atoms with Gasteiger partial charge in [-0.2, -0.15) is 0 Å². The number of halogens is 2. The van der Waals surface area contributed by atoms with Crippen molar-refractivity contribution in [1.82, 2.24) is 10.6 Å². The van der Waals surface area contributed by atoms with Crippen molar-refractivity contribution in [3.8, 4) is 0 Å². The van der Waals surface area contributed by atoms with E-state index in [1.165, 1.54) is 6.07 Å². The van der Waals surface area contributed by atoms with Crippen molar-refractivity contribution < 1.29 is 18.7 Å². The molecule has 5 nitrogen and oxygen atoms in total. The van der Waals surface area contributed by atoms with Crippen LogP contribution in [0.15, 0.2) is 18.2 Å². The molecule has 1 aromatic rings. The standard InChI is InChI=1S/C18H24ClFN2O3/c1-18(2,3)25-17(24)22-14(9-11-7-8-11)16(23)21-10-12-5-4-6-13(19)15(12)20/h4-6,11,14H,7-10H2,1-3H3,(H,21,23)(H,22,24)/t14-/m0/s1. The molecule has 1 atom stereocenters. The molecule has 0 unspecified atom stereocenters. The van der Waals surface area contributed by atoms with Crippen LogP contribution in [0.3, 0.4) is 0 Å². The summed E-state index contributed by atoms with van der Waals surface area (Å²) in [5, 5.41) is 5.28. The third-order valence-electron chi connectivity index (χ3n) is 3.76. The third-order valence-corrected chi connectivity index (χ3v) is 4.05. The fourth-order valence-electron chi connectivity index (χ4n) is 2.36. The summed E-state index contributed by atoms with van der Waals surface area (Å²) >= 11 is 5.74. The predicted molar refractivity (Wildman–Crippen MR) is 93.8 cm³/mol. The minimum Gasteiger partial charge on any atom is -0.444 e. The minimum atomic E-state index is -0.704. The normalized spacial score (nSPS) is 15.4. The molecular formula is C18H24ClFN2O3. The van der Waals surface area contributed by atoms with E-state index >= 15 is 0 Å². The largest absolute Gasteiger partial charge is 0.444 e. The summed E-state index contributed by atoms with van der Waals surface area (Å²) in [5.74, 6) is -0.492. The lowest BCUT2D eigenvalue weighted by Gasteiger charge is -2.23. The number of alkyl carbamates (subject to hydrolysis) is 1. The summed E-state index contributed by atoms with van der Waals surface area (Å²) in [6.45, 7) is 5.27. The van der Waals surface area contributed by atoms with E-state index in [0.717, 1.165) is 12.8 Å². The van der Waals surface area contributed by atoms with Gasteiger partial charge in [-0.25, -0.2) is 9.18 Å². The second-order valence-electron chi connectivity index (χ2n) is 7.31. The number of hydrogen-bond donors (Lipinski definition) is 2. The van der Waals surface area contributed by atoms with Crippen molar-refractivity contribution in [2.45, 2.75) is 58.2 Å². The first kappa shape index (κ1) is 19.5. The molecule has 2 N–H and O–H groups in total. The van der Waals surface area contributed by atoms with Crippen LogP contribution in [0.4, 0.5) is 9.18 Å². The van der Waals surface area contributed by atoms with Gasteiger partial charge >= 0.3 is 6.09 Å². The van der Waals surface area contributed by atoms with Crippen LogP contribution < -0.4 is 10.6 Å². The number of amides is 2. The summed E-state index contributed by atoms with van der Waals surface area (Å²) in [7, 11) is 0. The Hall–Kier alpha value is -1.82. The summed E-state index contributed by atoms with van der Waals surface area (Å²) in [6, 6.07) is 3.92. The molecule has 1 aliphatic carbocycles. The number of benzene rings is 1. The molecule has 0 saturated heterocycles. The van der Waals surface area contributed by atoms with Crippen molar-refractivity contribution >= 4 is 23.6 Å². The second kappa shape index (κ2) is 8.04. The Morgan fingerprint density at radius 3 is 2.64 bits per heavy atom. The van der Waals surface area contributed by atoms with Gasteiger partial charge in [0.2, 0.25) is 5.91 Å². The van der Waals surface area contributed by atoms with Gasteiger partial charge in [0.25, 0.3) is 0 Å². The van der Waals surface area contributed by atoms with Crippen LogP contribution >= 0.6 is 11.6 Å². The van der Waals surface area contributed by atoms with Gasteiger partial charge < -0.3 is 15.4 Å². The third kappa shape index (κ3) is 6.53. The second-order valence-corrected chi connectivity index (χ2v) is 7.72. The summed E-state index contributed by atoms with van der Waals surface area (Å²) in [5.41, 5.74) is -0.350. The van der Waals surface area contributed by atoms with Crippen LogP contribution in [0.2, 0.25) is 5.02 Å². The Morgan fingerprint density at radius 2 is 2.04 bits per heavy atom. The molecule has 1 aliphatic rings. The first-order valence-corrected chi connectivity index (χ1v) is 8.73. The van der Waals surface area contributed by atoms with Crippen LogP contribution in [0.25, 0.3) is 0 Å². The number of rotatable bonds is 6. The predicted octanol–water partition coefficient (Wildman–Crippen LogP) is 3.79. The van der Waals surface area contributed by atoms with E-state index in [1.807, 2.05) is 0 Å². The van der Waals surface area contributed by atoms with Gasteiger partial charge in [-0.05, 0) is 39.2 Å². The Kier molecular flexibility index (Phi) is 6.27. The molecule has 0 bridgehead atoms. The average molecular weight is 371 g/mol. The summed E-state index contributed by atoms with van der Waals surface area (Å²) in [4.78, 5) is 24.4. The fourth-order valence-corrected chi connectivity index (χ4v) is 2.55. The zero-order chi connectivity index (χ0) is 18.6. The van der Waals surface area contributed by atoms with Gasteiger partial charge in [-0.15, -0.1) is 0 Å². The van der Waals surface area contributed by atoms with Crippen LogP contribution in [0.5, 0.6) is 0 Å². The number of hydrogen-bond acceptors (Lipinski definition) is 3. The monoisotopic (exact) mass is 370 g/mol. The highest BCUT2D eigenvalue weighted by Crippen LogP contribution is 2.33. The van der Waals surface area contributed by atoms with Crippen molar-refractivity contribution in [3.63, 3.8) is 0 Å². The van der Waals surface area contributed by atoms with Crippen molar-refractivity contribution in [1.29, 1.82) is 0 Å². The molecule has 0 aromatic heterocycles. The molecular weight excluding hydrogens is 347 g/mol. The molecule has 138 valence electrons. The van der Waals surface area contributed by atoms with Crippen molar-refractivity contribution in [2.75, 3.05) is 0 Å². The molecule has 7 heteroatoms. The lowest BCUT2D eigenvalue weighted by molar-refractivity contribution is -0.123. The maximum Gasteiger partial charge on any atom is 0.408 e. The van der Waals surface area contributed by atoms with Crippen LogP contribution in [0.1, 0.15) is 45.6 Å². The summed E-state index contributed by atoms with van der Waals surface area (Å²) < 4.78 is 19.1. The number of ether oxygens (including phenoxy) is 1. The molecule has 0 aliphatic heterocycles. The Labute approximate surface area is 152 Å². The fraction of sp³-hybridized carbons (Fsp3) is 0.556. The van der Waals surface area contributed by atoms with E-state index in [9.17, 15) is 14.0 Å². The SMILES string of the molecule is CC(C)(C)OC(=O)N[C@@H](CC1CC1)C(=O)NCc1cccc(Cl)c1F. The molecule has 0 spiro atoms. The molecule has 2 amide bonds. The van der Waals surface area contributed by atoms with E-state index in [0.29, 0.717) is 17.9 Å². The average Bonchev–Trinajstić information content (AvgIpc) is 3.30. The van der Waals surface area contributed by atoms with Gasteiger partial charge in [0.1, 0.15) is 17.5 Å². The lowest BCUT2D eigenvalue weighted by Crippen LogP contribution is -2.48. The van der Waals surface area contributed by atoms with E-state index in [2.05, 4.69) is 10.6 Å². The topological polar surface area (TPSA) is 67.4 Å². The quantitative estimate of drug-likeness (QED) is 0.800. The van der Waals surface area contributed by atoms with Crippen molar-refractivity contribution in [3.05, 3.63) is 34.6 Å². The van der Waals surface area contributed by atoms with Crippen LogP contribution in [-0.2, 0) is 16.1 Å². The molecule has 1 fully saturated rings. The lowest BCUT2D eigenvalue weighted by atomic mass is 10.1. The van der Waals surface area contributed by atoms with E-state index in [1.54, 1.807) is 32.9 Å². The summed E-state index contributed by atoms with van der Waals surface area (Å²) in [6.07, 6.45) is 2.00. The highest BCUT2D eigenvalue weighted by molar-refractivity contribution is 6.30. The minimum absolute atomic E-state index is 0.00237. The van der Waals surface area contributed by atoms with Gasteiger partial charge in [-0.3, -0.25) is 4.79 Å². The molecule has 0 radical (unpaired) electrons. The van der Waals surface area contributed by atoms with Crippen molar-refractivity contribution in [2.24, 2.45) is 5.92 Å². The molecule has 25 heavy (non-hydrogen) atoms. The first-order valence-electron chi connectivity index (χ1n) is 8.36. The zero-order valence-electron chi connectivity index (χ0n) is 14.7. The number of carbonyl (C=O) groups is 2. The van der Waals surface area contributed by atoms with Gasteiger partial charge in [-0.1, -0.05) is 36.6 Å². The Morgan fingerprint density at radius 1 is 1.36 bits per heavy atom. The Balaban J connectivity index is 1.95. The smallest absolute Gasteiger partial charge is 0.408 e. The molecule has 1 saturated carbocycles. The van der Waals surface area contributed by atoms with Gasteiger partial charge in [0.15, 0.2) is 0 Å². The van der Waals surface area contributed by atoms with E-state index in [4.69, 9.17) is 16.3 Å². The molecule has 1 aromatic carbocycles. The first-order chi connectivity index (χ1) is 11.7. The van der Waals surface area contributed by atoms with E-state index < -0.39 is 23.6 Å². The molecule has 0 heterocycles. The van der Waals surface area contributed by atoms with Crippen LogP contribution in [-0.4, -0.2) is 23.6 Å². The number of carbonyl (C=O) groups excluding carboxylic acids is 2. The number of nitrogens with one attached hydrogen (secondary N) is 2. The highest BCUT2D eigenvalue weighted by atomic mass is 35.5. The maximum atomic E-state index is 13.9.